The maximum atomic E-state index is 13.2. The quantitative estimate of drug-likeness (QED) is 0.495. The predicted octanol–water partition coefficient (Wildman–Crippen LogP) is 5.42. The summed E-state index contributed by atoms with van der Waals surface area (Å²) in [6.45, 7) is 1.81. The minimum absolute atomic E-state index is 0.00891. The summed E-state index contributed by atoms with van der Waals surface area (Å²) in [5.41, 5.74) is -0.311. The number of alkyl halides is 3. The third-order valence-electron chi connectivity index (χ3n) is 5.56. The molecule has 3 rings (SSSR count). The molecule has 0 aliphatic carbocycles. The Morgan fingerprint density at radius 1 is 1.09 bits per heavy atom. The van der Waals surface area contributed by atoms with E-state index in [2.05, 4.69) is 10.6 Å². The van der Waals surface area contributed by atoms with Crippen molar-refractivity contribution in [1.29, 1.82) is 0 Å². The van der Waals surface area contributed by atoms with Crippen molar-refractivity contribution < 1.29 is 22.8 Å². The number of anilines is 1. The number of carbonyl (C=O) groups excluding carboxylic acids is 2. The molecule has 0 spiro atoms. The monoisotopic (exact) mass is 481 g/mol. The van der Waals surface area contributed by atoms with Gasteiger partial charge in [0.25, 0.3) is 0 Å². The normalized spacial score (nSPS) is 15.8. The van der Waals surface area contributed by atoms with E-state index in [1.165, 1.54) is 6.07 Å². The number of carbonyl (C=O) groups is 2. The molecule has 1 aliphatic heterocycles. The molecular formula is C24H27ClF3N3O2. The number of rotatable bonds is 8. The van der Waals surface area contributed by atoms with Gasteiger partial charge in [-0.25, -0.2) is 0 Å². The van der Waals surface area contributed by atoms with Crippen LogP contribution in [-0.4, -0.2) is 36.3 Å². The van der Waals surface area contributed by atoms with Crippen LogP contribution in [-0.2, 0) is 15.8 Å². The van der Waals surface area contributed by atoms with Gasteiger partial charge in [0.2, 0.25) is 11.8 Å². The molecule has 0 aromatic heterocycles. The number of halogens is 4. The van der Waals surface area contributed by atoms with Crippen molar-refractivity contribution in [3.05, 3.63) is 64.7 Å². The zero-order valence-corrected chi connectivity index (χ0v) is 18.9. The summed E-state index contributed by atoms with van der Waals surface area (Å²) in [5.74, 6) is -0.324. The summed E-state index contributed by atoms with van der Waals surface area (Å²) >= 11 is 5.67. The number of amides is 2. The first-order valence-corrected chi connectivity index (χ1v) is 11.4. The molecule has 0 unspecified atom stereocenters. The molecule has 0 radical (unpaired) electrons. The third-order valence-corrected chi connectivity index (χ3v) is 5.89. The van der Waals surface area contributed by atoms with Crippen molar-refractivity contribution in [2.75, 3.05) is 25.0 Å². The second-order valence-electron chi connectivity index (χ2n) is 8.02. The Morgan fingerprint density at radius 2 is 1.85 bits per heavy atom. The van der Waals surface area contributed by atoms with Crippen molar-refractivity contribution in [3.8, 4) is 0 Å². The van der Waals surface area contributed by atoms with E-state index in [-0.39, 0.29) is 11.6 Å². The van der Waals surface area contributed by atoms with Crippen molar-refractivity contribution in [2.45, 2.75) is 44.3 Å². The Morgan fingerprint density at radius 3 is 2.58 bits per heavy atom. The molecular weight excluding hydrogens is 455 g/mol. The Bertz CT molecular complexity index is 954. The average Bonchev–Trinajstić information content (AvgIpc) is 2.98. The van der Waals surface area contributed by atoms with Crippen LogP contribution in [0.15, 0.2) is 48.5 Å². The lowest BCUT2D eigenvalue weighted by atomic mass is 10.1. The van der Waals surface area contributed by atoms with Gasteiger partial charge >= 0.3 is 6.18 Å². The lowest BCUT2D eigenvalue weighted by Crippen LogP contribution is -2.36. The first-order valence-electron chi connectivity index (χ1n) is 11.0. The van der Waals surface area contributed by atoms with Gasteiger partial charge in [0.05, 0.1) is 10.6 Å². The van der Waals surface area contributed by atoms with E-state index in [4.69, 9.17) is 11.6 Å². The molecule has 1 saturated heterocycles. The topological polar surface area (TPSA) is 61.4 Å². The Labute approximate surface area is 196 Å². The molecule has 2 N–H and O–H groups in total. The Hall–Kier alpha value is -2.58. The average molecular weight is 482 g/mol. The van der Waals surface area contributed by atoms with E-state index in [9.17, 15) is 22.8 Å². The molecule has 0 bridgehead atoms. The number of benzene rings is 2. The van der Waals surface area contributed by atoms with Crippen LogP contribution in [0.1, 0.15) is 49.3 Å². The first kappa shape index (κ1) is 25.1. The minimum Gasteiger partial charge on any atom is -0.343 e. The van der Waals surface area contributed by atoms with Crippen molar-refractivity contribution in [3.63, 3.8) is 0 Å². The van der Waals surface area contributed by atoms with Crippen LogP contribution in [0.5, 0.6) is 0 Å². The smallest absolute Gasteiger partial charge is 0.343 e. The lowest BCUT2D eigenvalue weighted by molar-refractivity contribution is -0.137. The van der Waals surface area contributed by atoms with Crippen molar-refractivity contribution >= 4 is 29.1 Å². The Kier molecular flexibility index (Phi) is 8.74. The van der Waals surface area contributed by atoms with Gasteiger partial charge < -0.3 is 15.5 Å². The fourth-order valence-electron chi connectivity index (χ4n) is 3.83. The van der Waals surface area contributed by atoms with Crippen LogP contribution in [0, 0.1) is 0 Å². The second-order valence-corrected chi connectivity index (χ2v) is 8.43. The highest BCUT2D eigenvalue weighted by Gasteiger charge is 2.33. The van der Waals surface area contributed by atoms with Gasteiger partial charge in [0.1, 0.15) is 6.04 Å². The van der Waals surface area contributed by atoms with Crippen molar-refractivity contribution in [1.82, 2.24) is 10.2 Å². The fourth-order valence-corrected chi connectivity index (χ4v) is 4.06. The molecule has 9 heteroatoms. The van der Waals surface area contributed by atoms with Crippen LogP contribution >= 0.6 is 11.6 Å². The molecule has 1 atom stereocenters. The van der Waals surface area contributed by atoms with E-state index < -0.39 is 28.7 Å². The summed E-state index contributed by atoms with van der Waals surface area (Å²) in [4.78, 5) is 27.0. The van der Waals surface area contributed by atoms with Crippen LogP contribution < -0.4 is 10.6 Å². The summed E-state index contributed by atoms with van der Waals surface area (Å²) in [5, 5.41) is 5.32. The van der Waals surface area contributed by atoms with Gasteiger partial charge in [0, 0.05) is 25.2 Å². The molecule has 1 fully saturated rings. The van der Waals surface area contributed by atoms with E-state index in [0.717, 1.165) is 37.9 Å². The highest BCUT2D eigenvalue weighted by molar-refractivity contribution is 6.31. The molecule has 2 aromatic carbocycles. The van der Waals surface area contributed by atoms with Crippen molar-refractivity contribution in [2.24, 2.45) is 0 Å². The van der Waals surface area contributed by atoms with Gasteiger partial charge in [-0.3, -0.25) is 9.59 Å². The lowest BCUT2D eigenvalue weighted by Gasteiger charge is -2.22. The van der Waals surface area contributed by atoms with Gasteiger partial charge in [0.15, 0.2) is 0 Å². The van der Waals surface area contributed by atoms with E-state index >= 15 is 0 Å². The summed E-state index contributed by atoms with van der Waals surface area (Å²) in [7, 11) is 0. The first-order chi connectivity index (χ1) is 15.8. The summed E-state index contributed by atoms with van der Waals surface area (Å²) in [6, 6.07) is 11.5. The SMILES string of the molecule is O=C(Nc1ccc(Cl)c(C(F)(F)F)c1)[C@@H](NCCCN1CCCCCC1=O)c1ccccc1. The van der Waals surface area contributed by atoms with Crippen LogP contribution in [0.3, 0.4) is 0 Å². The molecule has 1 heterocycles. The zero-order chi connectivity index (χ0) is 23.8. The van der Waals surface area contributed by atoms with Gasteiger partial charge in [-0.1, -0.05) is 48.4 Å². The zero-order valence-electron chi connectivity index (χ0n) is 18.1. The number of hydrogen-bond acceptors (Lipinski definition) is 3. The van der Waals surface area contributed by atoms with Gasteiger partial charge in [-0.05, 0) is 49.6 Å². The standard InChI is InChI=1S/C24H27ClF3N3O2/c25-20-12-11-18(16-19(20)24(26,27)28)30-23(33)22(17-8-3-1-4-9-17)29-13-7-15-31-14-6-2-5-10-21(31)32/h1,3-4,8-9,11-12,16,22,29H,2,5-7,10,13-15H2,(H,30,33)/t22-/m0/s1. The second kappa shape index (κ2) is 11.5. The highest BCUT2D eigenvalue weighted by atomic mass is 35.5. The summed E-state index contributed by atoms with van der Waals surface area (Å²) in [6.07, 6.45) is -0.429. The number of hydrogen-bond donors (Lipinski definition) is 2. The van der Waals surface area contributed by atoms with E-state index in [1.807, 2.05) is 11.0 Å². The minimum atomic E-state index is -4.63. The maximum Gasteiger partial charge on any atom is 0.417 e. The number of nitrogens with zero attached hydrogens (tertiary/aromatic N) is 1. The molecule has 2 aromatic rings. The molecule has 2 amide bonds. The van der Waals surface area contributed by atoms with Crippen LogP contribution in [0.2, 0.25) is 5.02 Å². The van der Waals surface area contributed by atoms with E-state index in [1.54, 1.807) is 24.3 Å². The largest absolute Gasteiger partial charge is 0.417 e. The molecule has 178 valence electrons. The number of nitrogens with one attached hydrogen (secondary N) is 2. The fraction of sp³-hybridized carbons (Fsp3) is 0.417. The molecule has 5 nitrogen and oxygen atoms in total. The van der Waals surface area contributed by atoms with Gasteiger partial charge in [-0.2, -0.15) is 13.2 Å². The highest BCUT2D eigenvalue weighted by Crippen LogP contribution is 2.36. The molecule has 1 aliphatic rings. The van der Waals surface area contributed by atoms with E-state index in [0.29, 0.717) is 31.5 Å². The summed E-state index contributed by atoms with van der Waals surface area (Å²) < 4.78 is 39.5. The maximum absolute atomic E-state index is 13.2. The molecule has 33 heavy (non-hydrogen) atoms. The van der Waals surface area contributed by atoms with Gasteiger partial charge in [-0.15, -0.1) is 0 Å². The van der Waals surface area contributed by atoms with Crippen LogP contribution in [0.25, 0.3) is 0 Å². The van der Waals surface area contributed by atoms with Crippen LogP contribution in [0.4, 0.5) is 18.9 Å². The third kappa shape index (κ3) is 7.20. The predicted molar refractivity (Wildman–Crippen MR) is 122 cm³/mol. The Balaban J connectivity index is 1.66. The molecule has 0 saturated carbocycles. The number of likely N-dealkylation sites (tertiary alicyclic amines) is 1.